The van der Waals surface area contributed by atoms with Gasteiger partial charge in [-0.3, -0.25) is 19.2 Å². The summed E-state index contributed by atoms with van der Waals surface area (Å²) >= 11 is 0. The van der Waals surface area contributed by atoms with E-state index in [2.05, 4.69) is 35.9 Å². The van der Waals surface area contributed by atoms with E-state index in [-0.39, 0.29) is 18.8 Å². The molecule has 0 aliphatic heterocycles. The summed E-state index contributed by atoms with van der Waals surface area (Å²) in [6.45, 7) is 5.17. The van der Waals surface area contributed by atoms with Crippen LogP contribution < -0.4 is 21.7 Å². The van der Waals surface area contributed by atoms with Gasteiger partial charge in [0.15, 0.2) is 0 Å². The summed E-state index contributed by atoms with van der Waals surface area (Å²) in [6, 6.07) is -4.15. The number of aromatic nitrogens is 4. The molecule has 13 nitrogen and oxygen atoms in total. The number of carboxylic acid groups (broad SMARTS) is 1. The van der Waals surface area contributed by atoms with Crippen molar-refractivity contribution in [2.45, 2.75) is 64.2 Å². The minimum absolute atomic E-state index is 0.0293. The Kier molecular flexibility index (Phi) is 9.74. The summed E-state index contributed by atoms with van der Waals surface area (Å²) in [4.78, 5) is 63.3. The first kappa shape index (κ1) is 26.5. The predicted molar refractivity (Wildman–Crippen MR) is 121 cm³/mol. The van der Waals surface area contributed by atoms with Gasteiger partial charge in [-0.15, -0.1) is 0 Å². The van der Waals surface area contributed by atoms with E-state index in [1.54, 1.807) is 0 Å². The fourth-order valence-corrected chi connectivity index (χ4v) is 3.19. The third kappa shape index (κ3) is 8.31. The minimum atomic E-state index is -1.22. The van der Waals surface area contributed by atoms with Crippen LogP contribution in [0.1, 0.15) is 38.6 Å². The largest absolute Gasteiger partial charge is 0.480 e. The molecule has 0 saturated heterocycles. The number of hydrogen-bond donors (Lipinski definition) is 7. The molecule has 4 atom stereocenters. The zero-order valence-electron chi connectivity index (χ0n) is 19.4. The number of nitrogens with two attached hydrogens (primary N) is 1. The smallest absolute Gasteiger partial charge is 0.325 e. The number of carbonyl (C=O) groups excluding carboxylic acids is 3. The summed E-state index contributed by atoms with van der Waals surface area (Å²) in [5.41, 5.74) is 7.11. The number of aliphatic carboxylic acids is 1. The summed E-state index contributed by atoms with van der Waals surface area (Å²) in [6.07, 6.45) is 6.41. The number of rotatable bonds is 13. The van der Waals surface area contributed by atoms with Crippen molar-refractivity contribution < 1.29 is 24.3 Å². The second-order valence-electron chi connectivity index (χ2n) is 8.49. The van der Waals surface area contributed by atoms with E-state index in [9.17, 15) is 19.2 Å². The molecule has 2 rings (SSSR count). The van der Waals surface area contributed by atoms with Crippen LogP contribution in [0, 0.1) is 5.92 Å². The highest BCUT2D eigenvalue weighted by atomic mass is 16.4. The van der Waals surface area contributed by atoms with Crippen molar-refractivity contribution in [1.29, 1.82) is 0 Å². The molecule has 0 spiro atoms. The second kappa shape index (κ2) is 12.5. The van der Waals surface area contributed by atoms with Gasteiger partial charge in [-0.1, -0.05) is 13.8 Å². The molecule has 0 aliphatic rings. The van der Waals surface area contributed by atoms with Crippen molar-refractivity contribution in [3.05, 3.63) is 36.4 Å². The van der Waals surface area contributed by atoms with Crippen molar-refractivity contribution in [3.8, 4) is 0 Å². The fraction of sp³-hybridized carbons (Fsp3) is 0.524. The molecule has 0 aliphatic carbocycles. The lowest BCUT2D eigenvalue weighted by Gasteiger charge is -2.24. The van der Waals surface area contributed by atoms with E-state index in [1.165, 1.54) is 32.0 Å². The van der Waals surface area contributed by atoms with Crippen LogP contribution in [0.15, 0.2) is 25.0 Å². The van der Waals surface area contributed by atoms with Crippen LogP contribution in [-0.4, -0.2) is 72.9 Å². The van der Waals surface area contributed by atoms with Crippen molar-refractivity contribution in [2.24, 2.45) is 11.7 Å². The lowest BCUT2D eigenvalue weighted by atomic mass is 10.0. The maximum Gasteiger partial charge on any atom is 0.325 e. The summed E-state index contributed by atoms with van der Waals surface area (Å²) in [5.74, 6) is -2.87. The Morgan fingerprint density at radius 3 is 1.76 bits per heavy atom. The van der Waals surface area contributed by atoms with E-state index in [0.29, 0.717) is 17.8 Å². The number of aromatic amines is 2. The van der Waals surface area contributed by atoms with Crippen LogP contribution in [-0.2, 0) is 32.0 Å². The third-order valence-corrected chi connectivity index (χ3v) is 5.02. The molecule has 186 valence electrons. The molecule has 13 heteroatoms. The van der Waals surface area contributed by atoms with Gasteiger partial charge in [0.1, 0.15) is 18.1 Å². The molecule has 2 aromatic heterocycles. The van der Waals surface area contributed by atoms with Gasteiger partial charge in [-0.2, -0.15) is 0 Å². The standard InChI is InChI=1S/C21H32N8O5/c1-11(2)4-15(22)18(30)28-17(6-14-8-24-10-26-14)20(32)29-16(5-13-7-23-9-25-13)19(31)27-12(3)21(33)34/h7-12,15-17H,4-6,22H2,1-3H3,(H,23,25)(H,24,26)(H,27,31)(H,28,30)(H,29,32)(H,33,34). The molecule has 34 heavy (non-hydrogen) atoms. The molecular weight excluding hydrogens is 444 g/mol. The molecule has 3 amide bonds. The monoisotopic (exact) mass is 476 g/mol. The average Bonchev–Trinajstić information content (AvgIpc) is 3.46. The summed E-state index contributed by atoms with van der Waals surface area (Å²) in [7, 11) is 0. The number of hydrogen-bond acceptors (Lipinski definition) is 7. The van der Waals surface area contributed by atoms with Gasteiger partial charge < -0.3 is 36.8 Å². The van der Waals surface area contributed by atoms with Gasteiger partial charge in [0, 0.05) is 36.6 Å². The van der Waals surface area contributed by atoms with Crippen molar-refractivity contribution in [1.82, 2.24) is 35.9 Å². The Hall–Kier alpha value is -3.74. The van der Waals surface area contributed by atoms with Crippen LogP contribution in [0.25, 0.3) is 0 Å². The molecule has 0 aromatic carbocycles. The third-order valence-electron chi connectivity index (χ3n) is 5.02. The van der Waals surface area contributed by atoms with Crippen LogP contribution in [0.5, 0.6) is 0 Å². The Labute approximate surface area is 196 Å². The Morgan fingerprint density at radius 2 is 1.35 bits per heavy atom. The maximum atomic E-state index is 13.2. The van der Waals surface area contributed by atoms with E-state index < -0.39 is 47.9 Å². The molecule has 0 bridgehead atoms. The van der Waals surface area contributed by atoms with Crippen molar-refractivity contribution in [3.63, 3.8) is 0 Å². The quantitative estimate of drug-likeness (QED) is 0.187. The van der Waals surface area contributed by atoms with E-state index in [4.69, 9.17) is 10.8 Å². The van der Waals surface area contributed by atoms with E-state index in [1.807, 2.05) is 13.8 Å². The number of amides is 3. The highest BCUT2D eigenvalue weighted by molar-refractivity contribution is 5.94. The first-order chi connectivity index (χ1) is 16.1. The SMILES string of the molecule is CC(C)CC(N)C(=O)NC(Cc1cnc[nH]1)C(=O)NC(Cc1cnc[nH]1)C(=O)NC(C)C(=O)O. The predicted octanol–water partition coefficient (Wildman–Crippen LogP) is -1.15. The van der Waals surface area contributed by atoms with Gasteiger partial charge in [-0.05, 0) is 19.3 Å². The van der Waals surface area contributed by atoms with Crippen molar-refractivity contribution in [2.75, 3.05) is 0 Å². The summed E-state index contributed by atoms with van der Waals surface area (Å²) in [5, 5.41) is 16.7. The maximum absolute atomic E-state index is 13.2. The number of carbonyl (C=O) groups is 4. The number of nitrogens with one attached hydrogen (secondary N) is 5. The first-order valence-electron chi connectivity index (χ1n) is 10.9. The van der Waals surface area contributed by atoms with E-state index >= 15 is 0 Å². The van der Waals surface area contributed by atoms with Crippen LogP contribution >= 0.6 is 0 Å². The van der Waals surface area contributed by atoms with Crippen LogP contribution in [0.3, 0.4) is 0 Å². The Morgan fingerprint density at radius 1 is 0.882 bits per heavy atom. The van der Waals surface area contributed by atoms with Gasteiger partial charge in [0.05, 0.1) is 18.7 Å². The molecule has 8 N–H and O–H groups in total. The lowest BCUT2D eigenvalue weighted by molar-refractivity contribution is -0.141. The summed E-state index contributed by atoms with van der Waals surface area (Å²) < 4.78 is 0. The zero-order chi connectivity index (χ0) is 25.3. The lowest BCUT2D eigenvalue weighted by Crippen LogP contribution is -2.58. The minimum Gasteiger partial charge on any atom is -0.480 e. The van der Waals surface area contributed by atoms with Crippen LogP contribution in [0.4, 0.5) is 0 Å². The zero-order valence-corrected chi connectivity index (χ0v) is 19.4. The fourth-order valence-electron chi connectivity index (χ4n) is 3.19. The highest BCUT2D eigenvalue weighted by Gasteiger charge is 2.30. The van der Waals surface area contributed by atoms with Crippen molar-refractivity contribution >= 4 is 23.7 Å². The number of H-pyrrole nitrogens is 2. The van der Waals surface area contributed by atoms with Gasteiger partial charge in [-0.25, -0.2) is 9.97 Å². The number of imidazole rings is 2. The normalized spacial score (nSPS) is 14.6. The molecule has 4 unspecified atom stereocenters. The molecular formula is C21H32N8O5. The Balaban J connectivity index is 2.19. The molecule has 2 heterocycles. The molecule has 0 saturated carbocycles. The molecule has 0 fully saturated rings. The average molecular weight is 477 g/mol. The Bertz CT molecular complexity index is 945. The second-order valence-corrected chi connectivity index (χ2v) is 8.49. The highest BCUT2D eigenvalue weighted by Crippen LogP contribution is 2.06. The van der Waals surface area contributed by atoms with Gasteiger partial charge in [0.25, 0.3) is 0 Å². The number of carboxylic acids is 1. The van der Waals surface area contributed by atoms with Gasteiger partial charge in [0.2, 0.25) is 17.7 Å². The molecule has 0 radical (unpaired) electrons. The van der Waals surface area contributed by atoms with E-state index in [0.717, 1.165) is 0 Å². The first-order valence-corrected chi connectivity index (χ1v) is 10.9. The molecule has 2 aromatic rings. The number of nitrogens with zero attached hydrogens (tertiary/aromatic N) is 2. The van der Waals surface area contributed by atoms with Gasteiger partial charge >= 0.3 is 5.97 Å². The van der Waals surface area contributed by atoms with Crippen LogP contribution in [0.2, 0.25) is 0 Å². The topological polar surface area (TPSA) is 208 Å².